The average molecular weight is 233 g/mol. The van der Waals surface area contributed by atoms with E-state index in [1.165, 1.54) is 0 Å². The minimum absolute atomic E-state index is 0.0139. The lowest BCUT2D eigenvalue weighted by Gasteiger charge is -2.35. The molecule has 0 aromatic heterocycles. The minimum atomic E-state index is -0.385. The van der Waals surface area contributed by atoms with Gasteiger partial charge >= 0.3 is 0 Å². The second kappa shape index (κ2) is 5.10. The fourth-order valence-electron chi connectivity index (χ4n) is 1.81. The zero-order valence-electron chi connectivity index (χ0n) is 9.50. The van der Waals surface area contributed by atoms with Gasteiger partial charge in [-0.3, -0.25) is 9.59 Å². The van der Waals surface area contributed by atoms with Crippen LogP contribution in [0.15, 0.2) is 30.3 Å². The Morgan fingerprint density at radius 1 is 1.18 bits per heavy atom. The summed E-state index contributed by atoms with van der Waals surface area (Å²) in [6, 6.07) is 8.96. The van der Waals surface area contributed by atoms with Crippen LogP contribution in [0.2, 0.25) is 0 Å². The highest BCUT2D eigenvalue weighted by Crippen LogP contribution is 2.12. The number of likely N-dealkylation sites (tertiary alicyclic amines) is 1. The number of carbonyl (C=O) groups is 2. The van der Waals surface area contributed by atoms with E-state index in [4.69, 9.17) is 5.11 Å². The summed E-state index contributed by atoms with van der Waals surface area (Å²) >= 11 is 0. The summed E-state index contributed by atoms with van der Waals surface area (Å²) in [5, 5.41) is 9.06. The van der Waals surface area contributed by atoms with Crippen molar-refractivity contribution in [2.75, 3.05) is 13.1 Å². The van der Waals surface area contributed by atoms with Crippen molar-refractivity contribution in [3.63, 3.8) is 0 Å². The number of aliphatic hydroxyl groups is 1. The van der Waals surface area contributed by atoms with E-state index in [1.807, 2.05) is 6.07 Å². The number of nitrogens with zero attached hydrogens (tertiary/aromatic N) is 1. The van der Waals surface area contributed by atoms with Crippen LogP contribution in [0, 0.1) is 0 Å². The van der Waals surface area contributed by atoms with Gasteiger partial charge in [-0.15, -0.1) is 0 Å². The molecule has 4 heteroatoms. The van der Waals surface area contributed by atoms with Gasteiger partial charge < -0.3 is 10.0 Å². The molecule has 2 rings (SSSR count). The van der Waals surface area contributed by atoms with Gasteiger partial charge in [-0.1, -0.05) is 30.3 Å². The fourth-order valence-corrected chi connectivity index (χ4v) is 1.81. The predicted octanol–water partition coefficient (Wildman–Crippen LogP) is 0.853. The second-order valence-electron chi connectivity index (χ2n) is 4.24. The van der Waals surface area contributed by atoms with Gasteiger partial charge in [0, 0.05) is 31.5 Å². The molecule has 90 valence electrons. The third kappa shape index (κ3) is 2.91. The van der Waals surface area contributed by atoms with E-state index >= 15 is 0 Å². The van der Waals surface area contributed by atoms with Crippen molar-refractivity contribution in [1.82, 2.24) is 4.90 Å². The number of hydrogen-bond acceptors (Lipinski definition) is 3. The Morgan fingerprint density at radius 3 is 2.41 bits per heavy atom. The number of rotatable bonds is 4. The number of aliphatic hydroxyl groups excluding tert-OH is 1. The van der Waals surface area contributed by atoms with Gasteiger partial charge in [-0.05, 0) is 0 Å². The van der Waals surface area contributed by atoms with Crippen molar-refractivity contribution in [2.24, 2.45) is 0 Å². The summed E-state index contributed by atoms with van der Waals surface area (Å²) in [7, 11) is 0. The third-order valence-corrected chi connectivity index (χ3v) is 2.88. The van der Waals surface area contributed by atoms with Gasteiger partial charge in [0.05, 0.1) is 6.10 Å². The number of carbonyl (C=O) groups excluding carboxylic acids is 2. The van der Waals surface area contributed by atoms with E-state index in [-0.39, 0.29) is 30.6 Å². The van der Waals surface area contributed by atoms with Crippen LogP contribution < -0.4 is 0 Å². The van der Waals surface area contributed by atoms with E-state index in [2.05, 4.69) is 0 Å². The summed E-state index contributed by atoms with van der Waals surface area (Å²) in [6.07, 6.45) is 0.0689. The average Bonchev–Trinajstić information content (AvgIpc) is 2.32. The standard InChI is InChI=1S/C13H15NO3/c15-11-8-14(9-11)13(17)7-6-12(16)10-4-2-1-3-5-10/h1-5,11,15H,6-9H2. The molecule has 0 unspecified atom stereocenters. The van der Waals surface area contributed by atoms with Crippen LogP contribution in [0.3, 0.4) is 0 Å². The molecule has 1 heterocycles. The molecule has 1 aliphatic rings. The quantitative estimate of drug-likeness (QED) is 0.784. The maximum Gasteiger partial charge on any atom is 0.223 e. The predicted molar refractivity (Wildman–Crippen MR) is 62.6 cm³/mol. The lowest BCUT2D eigenvalue weighted by molar-refractivity contribution is -0.141. The Hall–Kier alpha value is -1.68. The molecular weight excluding hydrogens is 218 g/mol. The molecule has 0 bridgehead atoms. The Bertz CT molecular complexity index is 410. The van der Waals surface area contributed by atoms with E-state index in [0.717, 1.165) is 0 Å². The fraction of sp³-hybridized carbons (Fsp3) is 0.385. The van der Waals surface area contributed by atoms with Gasteiger partial charge in [0.1, 0.15) is 0 Å². The number of ketones is 1. The zero-order chi connectivity index (χ0) is 12.3. The Balaban J connectivity index is 1.79. The Morgan fingerprint density at radius 2 is 1.82 bits per heavy atom. The second-order valence-corrected chi connectivity index (χ2v) is 4.24. The van der Waals surface area contributed by atoms with Crippen molar-refractivity contribution in [3.8, 4) is 0 Å². The third-order valence-electron chi connectivity index (χ3n) is 2.88. The first-order chi connectivity index (χ1) is 8.16. The maximum absolute atomic E-state index is 11.7. The van der Waals surface area contributed by atoms with Crippen LogP contribution in [0.5, 0.6) is 0 Å². The number of β-amino-alcohol motifs (C(OH)–C–C–N with tert-alkyl or cyclic N) is 1. The molecule has 1 saturated heterocycles. The smallest absolute Gasteiger partial charge is 0.223 e. The SMILES string of the molecule is O=C(CCC(=O)N1CC(O)C1)c1ccccc1. The largest absolute Gasteiger partial charge is 0.389 e. The maximum atomic E-state index is 11.7. The molecule has 1 aromatic carbocycles. The topological polar surface area (TPSA) is 57.6 Å². The first kappa shape index (κ1) is 11.8. The van der Waals surface area contributed by atoms with Crippen LogP contribution in [0.1, 0.15) is 23.2 Å². The van der Waals surface area contributed by atoms with Gasteiger partial charge in [-0.2, -0.15) is 0 Å². The van der Waals surface area contributed by atoms with E-state index in [9.17, 15) is 9.59 Å². The highest BCUT2D eigenvalue weighted by atomic mass is 16.3. The van der Waals surface area contributed by atoms with Crippen LogP contribution >= 0.6 is 0 Å². The van der Waals surface area contributed by atoms with Crippen LogP contribution in [-0.4, -0.2) is 40.9 Å². The Kier molecular flexibility index (Phi) is 3.54. The first-order valence-electron chi connectivity index (χ1n) is 5.71. The summed E-state index contributed by atoms with van der Waals surface area (Å²) in [5.74, 6) is -0.0698. The summed E-state index contributed by atoms with van der Waals surface area (Å²) in [5.41, 5.74) is 0.643. The summed E-state index contributed by atoms with van der Waals surface area (Å²) < 4.78 is 0. The lowest BCUT2D eigenvalue weighted by Crippen LogP contribution is -2.53. The highest BCUT2D eigenvalue weighted by molar-refractivity contribution is 5.97. The van der Waals surface area contributed by atoms with Crippen LogP contribution in [0.4, 0.5) is 0 Å². The Labute approximate surface area is 99.9 Å². The molecule has 0 atom stereocenters. The van der Waals surface area contributed by atoms with Crippen LogP contribution in [0.25, 0.3) is 0 Å². The molecule has 0 spiro atoms. The van der Waals surface area contributed by atoms with Gasteiger partial charge in [0.25, 0.3) is 0 Å². The molecular formula is C13H15NO3. The van der Waals surface area contributed by atoms with Crippen LogP contribution in [-0.2, 0) is 4.79 Å². The normalized spacial score (nSPS) is 15.5. The molecule has 1 amide bonds. The molecule has 1 aliphatic heterocycles. The highest BCUT2D eigenvalue weighted by Gasteiger charge is 2.28. The first-order valence-corrected chi connectivity index (χ1v) is 5.71. The monoisotopic (exact) mass is 233 g/mol. The molecule has 1 N–H and O–H groups in total. The molecule has 0 saturated carbocycles. The zero-order valence-corrected chi connectivity index (χ0v) is 9.50. The van der Waals surface area contributed by atoms with Gasteiger partial charge in [-0.25, -0.2) is 0 Å². The summed E-state index contributed by atoms with van der Waals surface area (Å²) in [4.78, 5) is 24.9. The van der Waals surface area contributed by atoms with Gasteiger partial charge in [0.15, 0.2) is 5.78 Å². The number of amides is 1. The molecule has 17 heavy (non-hydrogen) atoms. The summed E-state index contributed by atoms with van der Waals surface area (Å²) in [6.45, 7) is 0.802. The van der Waals surface area contributed by atoms with Crippen molar-refractivity contribution in [2.45, 2.75) is 18.9 Å². The molecule has 0 radical (unpaired) electrons. The molecule has 4 nitrogen and oxygen atoms in total. The number of Topliss-reactive ketones (excluding diaryl/α,β-unsaturated/α-hetero) is 1. The van der Waals surface area contributed by atoms with Crippen molar-refractivity contribution < 1.29 is 14.7 Å². The molecule has 1 aromatic rings. The molecule has 1 fully saturated rings. The van der Waals surface area contributed by atoms with Crippen molar-refractivity contribution >= 4 is 11.7 Å². The lowest BCUT2D eigenvalue weighted by atomic mass is 10.1. The van der Waals surface area contributed by atoms with E-state index in [0.29, 0.717) is 18.7 Å². The minimum Gasteiger partial charge on any atom is -0.389 e. The number of benzene rings is 1. The van der Waals surface area contributed by atoms with E-state index < -0.39 is 0 Å². The van der Waals surface area contributed by atoms with Crippen molar-refractivity contribution in [3.05, 3.63) is 35.9 Å². The number of hydrogen-bond donors (Lipinski definition) is 1. The molecule has 0 aliphatic carbocycles. The van der Waals surface area contributed by atoms with Crippen molar-refractivity contribution in [1.29, 1.82) is 0 Å². The van der Waals surface area contributed by atoms with E-state index in [1.54, 1.807) is 29.2 Å². The van der Waals surface area contributed by atoms with Gasteiger partial charge in [0.2, 0.25) is 5.91 Å².